The minimum absolute atomic E-state index is 0.163. The van der Waals surface area contributed by atoms with E-state index in [0.29, 0.717) is 6.42 Å². The number of rotatable bonds is 5. The number of Topliss-reactive ketones (excluding diaryl/α,β-unsaturated/α-hetero) is 1. The van der Waals surface area contributed by atoms with Crippen molar-refractivity contribution in [2.75, 3.05) is 7.11 Å². The number of ketones is 1. The lowest BCUT2D eigenvalue weighted by Crippen LogP contribution is -1.84. The van der Waals surface area contributed by atoms with Gasteiger partial charge in [-0.3, -0.25) is 4.79 Å². The van der Waals surface area contributed by atoms with Crippen LogP contribution in [0.25, 0.3) is 28.5 Å². The van der Waals surface area contributed by atoms with Crippen molar-refractivity contribution in [2.24, 2.45) is 0 Å². The van der Waals surface area contributed by atoms with Crippen molar-refractivity contribution in [2.45, 2.75) is 13.3 Å². The molecule has 0 fully saturated rings. The van der Waals surface area contributed by atoms with Crippen LogP contribution >= 0.6 is 0 Å². The van der Waals surface area contributed by atoms with Crippen molar-refractivity contribution in [1.82, 2.24) is 9.97 Å². The topological polar surface area (TPSA) is 55.0 Å². The quantitative estimate of drug-likeness (QED) is 0.767. The van der Waals surface area contributed by atoms with Gasteiger partial charge in [0.05, 0.1) is 18.1 Å². The van der Waals surface area contributed by atoms with Crippen molar-refractivity contribution in [1.29, 1.82) is 0 Å². The van der Waals surface area contributed by atoms with Gasteiger partial charge in [0.2, 0.25) is 0 Å². The maximum atomic E-state index is 10.9. The summed E-state index contributed by atoms with van der Waals surface area (Å²) in [6, 6.07) is 13.8. The lowest BCUT2D eigenvalue weighted by Gasteiger charge is -1.98. The van der Waals surface area contributed by atoms with E-state index in [1.807, 2.05) is 54.6 Å². The number of allylic oxidation sites excluding steroid dienone is 1. The second-order valence-corrected chi connectivity index (χ2v) is 5.40. The predicted molar refractivity (Wildman–Crippen MR) is 92.4 cm³/mol. The van der Waals surface area contributed by atoms with Crippen LogP contribution in [0.4, 0.5) is 0 Å². The highest BCUT2D eigenvalue weighted by Gasteiger charge is 2.06. The van der Waals surface area contributed by atoms with Gasteiger partial charge in [-0.1, -0.05) is 36.4 Å². The molecule has 4 nitrogen and oxygen atoms in total. The molecule has 0 aliphatic heterocycles. The number of carbonyl (C=O) groups excluding carboxylic acids is 1. The Morgan fingerprint density at radius 2 is 2.00 bits per heavy atom. The molecule has 3 aromatic rings. The molecule has 0 aliphatic rings. The number of nitrogens with one attached hydrogen (secondary N) is 1. The number of hydrogen-bond acceptors (Lipinski definition) is 3. The van der Waals surface area contributed by atoms with Gasteiger partial charge in [0.15, 0.2) is 0 Å². The molecule has 0 unspecified atom stereocenters. The Bertz CT molecular complexity index is 861. The average molecular weight is 306 g/mol. The smallest absolute Gasteiger partial charge is 0.138 e. The number of methoxy groups -OCH3 is 1. The van der Waals surface area contributed by atoms with Crippen molar-refractivity contribution < 1.29 is 9.53 Å². The van der Waals surface area contributed by atoms with Gasteiger partial charge in [-0.05, 0) is 24.6 Å². The van der Waals surface area contributed by atoms with E-state index in [2.05, 4.69) is 9.97 Å². The molecule has 1 N–H and O–H groups in total. The summed E-state index contributed by atoms with van der Waals surface area (Å²) in [7, 11) is 1.65. The summed E-state index contributed by atoms with van der Waals surface area (Å²) in [5, 5.41) is 0. The fourth-order valence-corrected chi connectivity index (χ4v) is 2.37. The molecule has 0 atom stereocenters. The normalized spacial score (nSPS) is 11.2. The number of aromatic nitrogens is 2. The zero-order valence-corrected chi connectivity index (χ0v) is 13.2. The third-order valence-electron chi connectivity index (χ3n) is 3.59. The van der Waals surface area contributed by atoms with Crippen molar-refractivity contribution in [3.8, 4) is 17.1 Å². The summed E-state index contributed by atoms with van der Waals surface area (Å²) in [5.74, 6) is 1.79. The first-order valence-corrected chi connectivity index (χ1v) is 7.46. The van der Waals surface area contributed by atoms with Crippen LogP contribution in [0.3, 0.4) is 0 Å². The molecule has 3 rings (SSSR count). The molecular weight excluding hydrogens is 288 g/mol. The summed E-state index contributed by atoms with van der Waals surface area (Å²) in [6.45, 7) is 1.59. The Balaban J connectivity index is 1.84. The highest BCUT2D eigenvalue weighted by molar-refractivity contribution is 5.81. The molecular formula is C19H18N2O2. The average Bonchev–Trinajstić information content (AvgIpc) is 2.98. The Kier molecular flexibility index (Phi) is 4.24. The van der Waals surface area contributed by atoms with Crippen molar-refractivity contribution in [3.63, 3.8) is 0 Å². The van der Waals surface area contributed by atoms with Gasteiger partial charge in [0.25, 0.3) is 0 Å². The van der Waals surface area contributed by atoms with Gasteiger partial charge in [-0.2, -0.15) is 0 Å². The number of aromatic amines is 1. The summed E-state index contributed by atoms with van der Waals surface area (Å²) in [5.41, 5.74) is 3.94. The molecule has 0 aliphatic carbocycles. The van der Waals surface area contributed by atoms with Gasteiger partial charge in [-0.15, -0.1) is 0 Å². The standard InChI is InChI=1S/C19H18N2O2/c1-13(22)4-3-5-14-6-8-15(9-7-14)19-20-17-11-10-16(23-2)12-18(17)21-19/h3,5-12H,4H2,1-2H3,(H,20,21). The fraction of sp³-hybridized carbons (Fsp3) is 0.158. The third-order valence-corrected chi connectivity index (χ3v) is 3.59. The Morgan fingerprint density at radius 1 is 1.22 bits per heavy atom. The van der Waals surface area contributed by atoms with Gasteiger partial charge in [-0.25, -0.2) is 4.98 Å². The second kappa shape index (κ2) is 6.48. The minimum Gasteiger partial charge on any atom is -0.497 e. The van der Waals surface area contributed by atoms with Gasteiger partial charge < -0.3 is 9.72 Å². The molecule has 1 aromatic heterocycles. The number of ether oxygens (including phenoxy) is 1. The van der Waals surface area contributed by atoms with Gasteiger partial charge in [0, 0.05) is 18.1 Å². The maximum Gasteiger partial charge on any atom is 0.138 e. The van der Waals surface area contributed by atoms with Crippen molar-refractivity contribution in [3.05, 3.63) is 54.1 Å². The molecule has 23 heavy (non-hydrogen) atoms. The van der Waals surface area contributed by atoms with Crippen LogP contribution in [0, 0.1) is 0 Å². The van der Waals surface area contributed by atoms with Crippen LogP contribution in [0.1, 0.15) is 18.9 Å². The zero-order chi connectivity index (χ0) is 16.2. The number of imidazole rings is 1. The van der Waals surface area contributed by atoms with Gasteiger partial charge >= 0.3 is 0 Å². The fourth-order valence-electron chi connectivity index (χ4n) is 2.37. The molecule has 2 aromatic carbocycles. The number of hydrogen-bond donors (Lipinski definition) is 1. The van der Waals surface area contributed by atoms with E-state index in [1.165, 1.54) is 0 Å². The molecule has 116 valence electrons. The Labute approximate surface area is 134 Å². The lowest BCUT2D eigenvalue weighted by molar-refractivity contribution is -0.116. The second-order valence-electron chi connectivity index (χ2n) is 5.40. The number of nitrogens with zero attached hydrogens (tertiary/aromatic N) is 1. The predicted octanol–water partition coefficient (Wildman–Crippen LogP) is 4.23. The van der Waals surface area contributed by atoms with E-state index in [1.54, 1.807) is 14.0 Å². The van der Waals surface area contributed by atoms with Crippen molar-refractivity contribution >= 4 is 22.9 Å². The Morgan fingerprint density at radius 3 is 2.70 bits per heavy atom. The van der Waals surface area contributed by atoms with E-state index >= 15 is 0 Å². The molecule has 0 saturated heterocycles. The summed E-state index contributed by atoms with van der Waals surface area (Å²) >= 11 is 0. The lowest BCUT2D eigenvalue weighted by atomic mass is 10.1. The van der Waals surface area contributed by atoms with Crippen LogP contribution in [0.2, 0.25) is 0 Å². The monoisotopic (exact) mass is 306 g/mol. The zero-order valence-electron chi connectivity index (χ0n) is 13.2. The molecule has 1 heterocycles. The van der Waals surface area contributed by atoms with Crippen LogP contribution in [-0.4, -0.2) is 22.9 Å². The number of fused-ring (bicyclic) bond motifs is 1. The van der Waals surface area contributed by atoms with Gasteiger partial charge in [0.1, 0.15) is 17.4 Å². The van der Waals surface area contributed by atoms with E-state index in [9.17, 15) is 4.79 Å². The third kappa shape index (κ3) is 3.48. The first-order chi connectivity index (χ1) is 11.2. The highest BCUT2D eigenvalue weighted by atomic mass is 16.5. The molecule has 0 amide bonds. The van der Waals surface area contributed by atoms with Crippen LogP contribution < -0.4 is 4.74 Å². The molecule has 0 radical (unpaired) electrons. The minimum atomic E-state index is 0.163. The van der Waals surface area contributed by atoms with Crippen LogP contribution in [0.15, 0.2) is 48.5 Å². The molecule has 0 saturated carbocycles. The number of H-pyrrole nitrogens is 1. The van der Waals surface area contributed by atoms with E-state index < -0.39 is 0 Å². The molecule has 0 bridgehead atoms. The van der Waals surface area contributed by atoms with Crippen LogP contribution in [-0.2, 0) is 4.79 Å². The maximum absolute atomic E-state index is 10.9. The number of benzene rings is 2. The molecule has 4 heteroatoms. The number of carbonyl (C=O) groups is 1. The van der Waals surface area contributed by atoms with E-state index in [-0.39, 0.29) is 5.78 Å². The van der Waals surface area contributed by atoms with E-state index in [0.717, 1.165) is 33.7 Å². The summed E-state index contributed by atoms with van der Waals surface area (Å²) in [4.78, 5) is 18.8. The summed E-state index contributed by atoms with van der Waals surface area (Å²) < 4.78 is 5.23. The summed E-state index contributed by atoms with van der Waals surface area (Å²) in [6.07, 6.45) is 4.30. The molecule has 0 spiro atoms. The highest BCUT2D eigenvalue weighted by Crippen LogP contribution is 2.24. The first-order valence-electron chi connectivity index (χ1n) is 7.46. The Hall–Kier alpha value is -2.88. The first kappa shape index (κ1) is 15.0. The van der Waals surface area contributed by atoms with E-state index in [4.69, 9.17) is 4.74 Å². The SMILES string of the molecule is COc1ccc2nc(-c3ccc(C=CCC(C)=O)cc3)[nH]c2c1. The largest absolute Gasteiger partial charge is 0.497 e. The van der Waals surface area contributed by atoms with Crippen LogP contribution in [0.5, 0.6) is 5.75 Å².